The molecular weight excluding hydrogens is 463 g/mol. The maximum absolute atomic E-state index is 13.9. The predicted octanol–water partition coefficient (Wildman–Crippen LogP) is 7.55. The van der Waals surface area contributed by atoms with E-state index in [0.29, 0.717) is 12.1 Å². The van der Waals surface area contributed by atoms with Crippen molar-refractivity contribution >= 4 is 11.4 Å². The summed E-state index contributed by atoms with van der Waals surface area (Å²) in [6.07, 6.45) is -15.6. The SMILES string of the molecule is Cc1cc(N)ccc1-c1cc(C(F)(F)F)c(-c2ccc(N)cc2C(F)(F)F)cc1C(F)(F)F. The Hall–Kier alpha value is -3.37. The first-order valence-electron chi connectivity index (χ1n) is 9.16. The smallest absolute Gasteiger partial charge is 0.399 e. The molecule has 3 aromatic rings. The molecule has 3 rings (SSSR count). The molecule has 4 N–H and O–H groups in total. The largest absolute Gasteiger partial charge is 0.417 e. The molecule has 0 aliphatic carbocycles. The van der Waals surface area contributed by atoms with E-state index in [0.717, 1.165) is 12.1 Å². The minimum Gasteiger partial charge on any atom is -0.399 e. The first-order valence-corrected chi connectivity index (χ1v) is 9.16. The van der Waals surface area contributed by atoms with E-state index in [1.54, 1.807) is 0 Å². The summed E-state index contributed by atoms with van der Waals surface area (Å²) >= 11 is 0. The zero-order valence-corrected chi connectivity index (χ0v) is 16.7. The van der Waals surface area contributed by atoms with Crippen LogP contribution < -0.4 is 11.5 Å². The lowest BCUT2D eigenvalue weighted by Gasteiger charge is -2.23. The van der Waals surface area contributed by atoms with Crippen LogP contribution >= 0.6 is 0 Å². The maximum Gasteiger partial charge on any atom is 0.417 e. The van der Waals surface area contributed by atoms with E-state index < -0.39 is 57.6 Å². The van der Waals surface area contributed by atoms with Gasteiger partial charge in [-0.3, -0.25) is 0 Å². The van der Waals surface area contributed by atoms with Gasteiger partial charge in [0, 0.05) is 11.4 Å². The molecule has 0 radical (unpaired) electrons. The second-order valence-electron chi connectivity index (χ2n) is 7.32. The van der Waals surface area contributed by atoms with E-state index in [1.807, 2.05) is 0 Å². The zero-order valence-electron chi connectivity index (χ0n) is 16.7. The molecule has 0 spiro atoms. The van der Waals surface area contributed by atoms with Crippen LogP contribution in [-0.4, -0.2) is 0 Å². The molecule has 0 atom stereocenters. The normalized spacial score (nSPS) is 12.8. The molecule has 176 valence electrons. The fourth-order valence-electron chi connectivity index (χ4n) is 3.53. The standard InChI is InChI=1S/C22H15F9N2/c1-10-6-11(32)2-4-13(10)15-8-19(22(29,30)31)16(9-18(15)21(26,27)28)14-5-3-12(33)7-17(14)20(23,24)25/h2-9H,32-33H2,1H3. The van der Waals surface area contributed by atoms with Gasteiger partial charge in [0.2, 0.25) is 0 Å². The third kappa shape index (κ3) is 4.86. The Morgan fingerprint density at radius 1 is 0.485 bits per heavy atom. The van der Waals surface area contributed by atoms with Gasteiger partial charge in [0.15, 0.2) is 0 Å². The highest BCUT2D eigenvalue weighted by Gasteiger charge is 2.42. The average Bonchev–Trinajstić information content (AvgIpc) is 2.65. The van der Waals surface area contributed by atoms with Gasteiger partial charge in [-0.15, -0.1) is 0 Å². The highest BCUT2D eigenvalue weighted by Crippen LogP contribution is 2.48. The lowest BCUT2D eigenvalue weighted by molar-refractivity contribution is -0.141. The Morgan fingerprint density at radius 2 is 0.848 bits per heavy atom. The third-order valence-electron chi connectivity index (χ3n) is 4.95. The van der Waals surface area contributed by atoms with E-state index in [4.69, 9.17) is 11.5 Å². The molecule has 0 heterocycles. The zero-order chi connectivity index (χ0) is 24.9. The van der Waals surface area contributed by atoms with Crippen LogP contribution in [0.4, 0.5) is 50.9 Å². The minimum atomic E-state index is -5.26. The number of rotatable bonds is 2. The molecular formula is C22H15F9N2. The van der Waals surface area contributed by atoms with Crippen molar-refractivity contribution in [1.82, 2.24) is 0 Å². The number of hydrogen-bond donors (Lipinski definition) is 2. The first-order chi connectivity index (χ1) is 15.0. The Labute approximate surface area is 181 Å². The summed E-state index contributed by atoms with van der Waals surface area (Å²) < 4.78 is 124. The van der Waals surface area contributed by atoms with E-state index in [9.17, 15) is 39.5 Å². The number of nitrogens with two attached hydrogens (primary N) is 2. The summed E-state index contributed by atoms with van der Waals surface area (Å²) in [6, 6.07) is 5.80. The molecule has 0 unspecified atom stereocenters. The minimum absolute atomic E-state index is 0.0920. The molecule has 3 aromatic carbocycles. The van der Waals surface area contributed by atoms with Gasteiger partial charge in [-0.05, 0) is 71.1 Å². The molecule has 0 bridgehead atoms. The van der Waals surface area contributed by atoms with Crippen molar-refractivity contribution in [2.75, 3.05) is 11.5 Å². The van der Waals surface area contributed by atoms with Crippen LogP contribution in [0.3, 0.4) is 0 Å². The molecule has 0 saturated heterocycles. The Morgan fingerprint density at radius 3 is 1.27 bits per heavy atom. The fourth-order valence-corrected chi connectivity index (χ4v) is 3.53. The predicted molar refractivity (Wildman–Crippen MR) is 106 cm³/mol. The van der Waals surface area contributed by atoms with Crippen LogP contribution in [0.5, 0.6) is 0 Å². The topological polar surface area (TPSA) is 52.0 Å². The van der Waals surface area contributed by atoms with Gasteiger partial charge < -0.3 is 11.5 Å². The van der Waals surface area contributed by atoms with Crippen LogP contribution in [-0.2, 0) is 18.5 Å². The molecule has 2 nitrogen and oxygen atoms in total. The monoisotopic (exact) mass is 478 g/mol. The molecule has 0 aromatic heterocycles. The van der Waals surface area contributed by atoms with Crippen molar-refractivity contribution in [3.8, 4) is 22.3 Å². The number of nitrogen functional groups attached to an aromatic ring is 2. The third-order valence-corrected chi connectivity index (χ3v) is 4.95. The summed E-state index contributed by atoms with van der Waals surface area (Å²) in [5.74, 6) is 0. The van der Waals surface area contributed by atoms with E-state index in [-0.39, 0.29) is 28.9 Å². The van der Waals surface area contributed by atoms with Gasteiger partial charge >= 0.3 is 18.5 Å². The highest BCUT2D eigenvalue weighted by molar-refractivity contribution is 5.81. The van der Waals surface area contributed by atoms with Crippen LogP contribution in [0.1, 0.15) is 22.3 Å². The van der Waals surface area contributed by atoms with Gasteiger partial charge in [-0.25, -0.2) is 0 Å². The lowest BCUT2D eigenvalue weighted by Crippen LogP contribution is -2.15. The van der Waals surface area contributed by atoms with Crippen molar-refractivity contribution in [1.29, 1.82) is 0 Å². The Bertz CT molecular complexity index is 1210. The van der Waals surface area contributed by atoms with Crippen LogP contribution in [0.15, 0.2) is 48.5 Å². The van der Waals surface area contributed by atoms with Gasteiger partial charge in [-0.1, -0.05) is 12.1 Å². The van der Waals surface area contributed by atoms with Gasteiger partial charge in [0.1, 0.15) is 0 Å². The maximum atomic E-state index is 13.9. The van der Waals surface area contributed by atoms with Crippen molar-refractivity contribution in [3.63, 3.8) is 0 Å². The molecule has 0 aliphatic heterocycles. The number of aryl methyl sites for hydroxylation is 1. The summed E-state index contributed by atoms with van der Waals surface area (Å²) in [5.41, 5.74) is 2.71. The van der Waals surface area contributed by atoms with Gasteiger partial charge in [0.05, 0.1) is 16.7 Å². The van der Waals surface area contributed by atoms with Crippen molar-refractivity contribution in [2.24, 2.45) is 0 Å². The Kier molecular flexibility index (Phi) is 5.80. The fraction of sp³-hybridized carbons (Fsp3) is 0.182. The molecule has 0 amide bonds. The van der Waals surface area contributed by atoms with Crippen molar-refractivity contribution < 1.29 is 39.5 Å². The molecule has 0 fully saturated rings. The Balaban J connectivity index is 2.48. The van der Waals surface area contributed by atoms with Crippen molar-refractivity contribution in [3.05, 3.63) is 70.8 Å². The molecule has 0 aliphatic rings. The number of halogens is 9. The summed E-state index contributed by atoms with van der Waals surface area (Å²) in [5, 5.41) is 0. The number of benzene rings is 3. The van der Waals surface area contributed by atoms with E-state index in [1.165, 1.54) is 19.1 Å². The van der Waals surface area contributed by atoms with Crippen molar-refractivity contribution in [2.45, 2.75) is 25.5 Å². The number of alkyl halides is 9. The summed E-state index contributed by atoms with van der Waals surface area (Å²) in [4.78, 5) is 0. The van der Waals surface area contributed by atoms with E-state index >= 15 is 0 Å². The van der Waals surface area contributed by atoms with Gasteiger partial charge in [0.25, 0.3) is 0 Å². The first kappa shape index (κ1) is 24.3. The van der Waals surface area contributed by atoms with E-state index in [2.05, 4.69) is 0 Å². The van der Waals surface area contributed by atoms with Crippen LogP contribution in [0.25, 0.3) is 22.3 Å². The molecule has 11 heteroatoms. The van der Waals surface area contributed by atoms with Crippen LogP contribution in [0.2, 0.25) is 0 Å². The summed E-state index contributed by atoms with van der Waals surface area (Å²) in [7, 11) is 0. The molecule has 0 saturated carbocycles. The highest BCUT2D eigenvalue weighted by atomic mass is 19.4. The number of hydrogen-bond acceptors (Lipinski definition) is 2. The lowest BCUT2D eigenvalue weighted by atomic mass is 9.87. The van der Waals surface area contributed by atoms with Crippen LogP contribution in [0, 0.1) is 6.92 Å². The number of anilines is 2. The summed E-state index contributed by atoms with van der Waals surface area (Å²) in [6.45, 7) is 1.36. The quantitative estimate of drug-likeness (QED) is 0.295. The molecule has 33 heavy (non-hydrogen) atoms. The second kappa shape index (κ2) is 7.89. The second-order valence-corrected chi connectivity index (χ2v) is 7.32. The average molecular weight is 478 g/mol. The van der Waals surface area contributed by atoms with Gasteiger partial charge in [-0.2, -0.15) is 39.5 Å².